The molecule has 0 bridgehead atoms. The van der Waals surface area contributed by atoms with Crippen LogP contribution in [0.3, 0.4) is 0 Å². The second-order valence-electron chi connectivity index (χ2n) is 3.99. The minimum Gasteiger partial charge on any atom is -0.370 e. The van der Waals surface area contributed by atoms with Crippen molar-refractivity contribution in [3.05, 3.63) is 0 Å². The first kappa shape index (κ1) is 17.2. The summed E-state index contributed by atoms with van der Waals surface area (Å²) in [4.78, 5) is 12.7. The molecule has 6 nitrogen and oxygen atoms in total. The Hall–Kier alpha value is 0.160. The van der Waals surface area contributed by atoms with E-state index in [0.717, 1.165) is 4.90 Å². The van der Waals surface area contributed by atoms with Gasteiger partial charge in [0.2, 0.25) is 5.91 Å². The summed E-state index contributed by atoms with van der Waals surface area (Å²) in [5.41, 5.74) is 0. The number of hydrogen-bond acceptors (Lipinski definition) is 5. The van der Waals surface area contributed by atoms with Crippen LogP contribution < -0.4 is 0 Å². The molecule has 1 unspecified atom stereocenters. The molecule has 1 saturated heterocycles. The van der Waals surface area contributed by atoms with Crippen molar-refractivity contribution in [2.75, 3.05) is 19.8 Å². The van der Waals surface area contributed by atoms with Crippen molar-refractivity contribution in [1.29, 1.82) is 0 Å². The maximum absolute atomic E-state index is 12.5. The van der Waals surface area contributed by atoms with Crippen molar-refractivity contribution >= 4 is 36.7 Å². The largest absolute Gasteiger partial charge is 0.371 e. The lowest BCUT2D eigenvalue weighted by molar-refractivity contribution is -0.136. The number of hydrogen-bond donors (Lipinski definition) is 1. The Morgan fingerprint density at radius 1 is 1.42 bits per heavy atom. The monoisotopic (exact) mass is 333 g/mol. The standard InChI is InChI=1S/C10H18Cl2NO5P/c1-3-17-19(16,18-4-2)10(11,12)9(15)13-7-5-6-8(13)14/h9,15H,3-7H2,1-2H3. The molecule has 1 fully saturated rings. The third-order valence-corrected chi connectivity index (χ3v) is 6.47. The van der Waals surface area contributed by atoms with E-state index in [9.17, 15) is 14.5 Å². The fourth-order valence-corrected chi connectivity index (χ4v) is 4.15. The number of likely N-dealkylation sites (tertiary alicyclic amines) is 1. The SMILES string of the molecule is CCOP(=O)(OCC)C(Cl)(Cl)C(O)N1CCCC1=O. The number of halogens is 2. The van der Waals surface area contributed by atoms with Gasteiger partial charge in [0.1, 0.15) is 0 Å². The molecule has 19 heavy (non-hydrogen) atoms. The Morgan fingerprint density at radius 2 is 1.95 bits per heavy atom. The van der Waals surface area contributed by atoms with E-state index in [-0.39, 0.29) is 19.1 Å². The highest BCUT2D eigenvalue weighted by Gasteiger charge is 2.57. The summed E-state index contributed by atoms with van der Waals surface area (Å²) in [7, 11) is -3.97. The van der Waals surface area contributed by atoms with E-state index in [0.29, 0.717) is 19.4 Å². The van der Waals surface area contributed by atoms with Crippen molar-refractivity contribution in [2.45, 2.75) is 37.0 Å². The third-order valence-electron chi connectivity index (χ3n) is 2.68. The van der Waals surface area contributed by atoms with Crippen LogP contribution in [0, 0.1) is 0 Å². The minimum absolute atomic E-state index is 0.0547. The normalized spacial score (nSPS) is 19.0. The summed E-state index contributed by atoms with van der Waals surface area (Å²) in [6, 6.07) is 0. The van der Waals surface area contributed by atoms with E-state index in [4.69, 9.17) is 32.2 Å². The van der Waals surface area contributed by atoms with E-state index in [1.807, 2.05) is 0 Å². The fraction of sp³-hybridized carbons (Fsp3) is 0.900. The summed E-state index contributed by atoms with van der Waals surface area (Å²) < 4.78 is 20.4. The Balaban J connectivity index is 2.98. The van der Waals surface area contributed by atoms with Gasteiger partial charge in [0.15, 0.2) is 6.23 Å². The topological polar surface area (TPSA) is 76.1 Å². The zero-order valence-corrected chi connectivity index (χ0v) is 13.2. The van der Waals surface area contributed by atoms with E-state index < -0.39 is 17.9 Å². The molecular weight excluding hydrogens is 316 g/mol. The molecule has 0 aromatic carbocycles. The zero-order valence-electron chi connectivity index (χ0n) is 10.8. The van der Waals surface area contributed by atoms with Crippen molar-refractivity contribution < 1.29 is 23.5 Å². The van der Waals surface area contributed by atoms with Crippen LogP contribution in [0.4, 0.5) is 0 Å². The molecule has 0 radical (unpaired) electrons. The number of carbonyl (C=O) groups excluding carboxylic acids is 1. The number of rotatable bonds is 7. The number of aliphatic hydroxyl groups is 1. The lowest BCUT2D eigenvalue weighted by atomic mass is 10.4. The van der Waals surface area contributed by atoms with Crippen LogP contribution in [-0.4, -0.2) is 46.0 Å². The average Bonchev–Trinajstić information content (AvgIpc) is 2.74. The molecule has 1 aliphatic rings. The van der Waals surface area contributed by atoms with E-state index in [2.05, 4.69) is 0 Å². The molecule has 1 aliphatic heterocycles. The molecule has 0 aromatic rings. The van der Waals surface area contributed by atoms with Crippen LogP contribution >= 0.6 is 30.8 Å². The lowest BCUT2D eigenvalue weighted by Crippen LogP contribution is -2.47. The van der Waals surface area contributed by atoms with Crippen LogP contribution in [0.1, 0.15) is 26.7 Å². The Morgan fingerprint density at radius 3 is 2.32 bits per heavy atom. The first-order chi connectivity index (χ1) is 8.80. The van der Waals surface area contributed by atoms with Crippen LogP contribution in [0.25, 0.3) is 0 Å². The zero-order chi connectivity index (χ0) is 14.7. The Kier molecular flexibility index (Phi) is 6.11. The van der Waals surface area contributed by atoms with Gasteiger partial charge >= 0.3 is 7.60 Å². The highest BCUT2D eigenvalue weighted by Crippen LogP contribution is 2.66. The van der Waals surface area contributed by atoms with Gasteiger partial charge in [0.25, 0.3) is 4.07 Å². The molecule has 1 rings (SSSR count). The molecule has 1 amide bonds. The van der Waals surface area contributed by atoms with Crippen LogP contribution in [0.2, 0.25) is 0 Å². The highest BCUT2D eigenvalue weighted by atomic mass is 35.5. The molecule has 1 heterocycles. The number of aliphatic hydroxyl groups excluding tert-OH is 1. The Bertz CT molecular complexity index is 369. The number of amides is 1. The van der Waals surface area contributed by atoms with Crippen molar-refractivity contribution in [1.82, 2.24) is 4.90 Å². The van der Waals surface area contributed by atoms with E-state index in [1.54, 1.807) is 13.8 Å². The van der Waals surface area contributed by atoms with Gasteiger partial charge in [-0.3, -0.25) is 9.36 Å². The van der Waals surface area contributed by atoms with Crippen molar-refractivity contribution in [3.8, 4) is 0 Å². The first-order valence-electron chi connectivity index (χ1n) is 6.04. The van der Waals surface area contributed by atoms with Gasteiger partial charge < -0.3 is 19.1 Å². The summed E-state index contributed by atoms with van der Waals surface area (Å²) in [6.07, 6.45) is -0.753. The average molecular weight is 334 g/mol. The molecule has 1 N–H and O–H groups in total. The molecule has 0 aromatic heterocycles. The fourth-order valence-electron chi connectivity index (χ4n) is 1.81. The first-order valence-corrected chi connectivity index (χ1v) is 8.34. The minimum atomic E-state index is -3.97. The summed E-state index contributed by atoms with van der Waals surface area (Å²) >= 11 is 12.0. The number of alkyl halides is 2. The van der Waals surface area contributed by atoms with Gasteiger partial charge in [-0.15, -0.1) is 0 Å². The van der Waals surface area contributed by atoms with Gasteiger partial charge in [-0.2, -0.15) is 0 Å². The lowest BCUT2D eigenvalue weighted by Gasteiger charge is -2.36. The van der Waals surface area contributed by atoms with E-state index in [1.165, 1.54) is 0 Å². The predicted octanol–water partition coefficient (Wildman–Crippen LogP) is 2.32. The molecule has 1 atom stereocenters. The van der Waals surface area contributed by atoms with Gasteiger partial charge in [0, 0.05) is 13.0 Å². The van der Waals surface area contributed by atoms with E-state index >= 15 is 0 Å². The number of carbonyl (C=O) groups is 1. The summed E-state index contributed by atoms with van der Waals surface area (Å²) in [6.45, 7) is 3.61. The maximum Gasteiger partial charge on any atom is 0.371 e. The van der Waals surface area contributed by atoms with Crippen LogP contribution in [0.5, 0.6) is 0 Å². The maximum atomic E-state index is 12.5. The second kappa shape index (κ2) is 6.74. The molecule has 112 valence electrons. The van der Waals surface area contributed by atoms with Gasteiger partial charge in [-0.1, -0.05) is 23.2 Å². The van der Waals surface area contributed by atoms with Crippen molar-refractivity contribution in [3.63, 3.8) is 0 Å². The van der Waals surface area contributed by atoms with Crippen molar-refractivity contribution in [2.24, 2.45) is 0 Å². The quantitative estimate of drug-likeness (QED) is 0.571. The van der Waals surface area contributed by atoms with Gasteiger partial charge in [-0.25, -0.2) is 0 Å². The molecular formula is C10H18Cl2NO5P. The van der Waals surface area contributed by atoms with Gasteiger partial charge in [0.05, 0.1) is 13.2 Å². The van der Waals surface area contributed by atoms with Crippen LogP contribution in [0.15, 0.2) is 0 Å². The molecule has 0 saturated carbocycles. The molecule has 9 heteroatoms. The molecule has 0 aliphatic carbocycles. The molecule has 0 spiro atoms. The summed E-state index contributed by atoms with van der Waals surface area (Å²) in [5, 5.41) is 10.1. The predicted molar refractivity (Wildman–Crippen MR) is 72.2 cm³/mol. The van der Waals surface area contributed by atoms with Crippen LogP contribution in [-0.2, 0) is 18.4 Å². The highest BCUT2D eigenvalue weighted by molar-refractivity contribution is 7.60. The Labute approximate surface area is 122 Å². The third kappa shape index (κ3) is 3.43. The van der Waals surface area contributed by atoms with Gasteiger partial charge in [-0.05, 0) is 20.3 Å². The summed E-state index contributed by atoms with van der Waals surface area (Å²) in [5.74, 6) is -0.294. The second-order valence-corrected chi connectivity index (χ2v) is 8.11. The number of nitrogens with zero attached hydrogens (tertiary/aromatic N) is 1. The smallest absolute Gasteiger partial charge is 0.370 e.